The molecule has 96 valence electrons. The molecule has 7 nitrogen and oxygen atoms in total. The number of fused-ring (bicyclic) bond motifs is 1. The van der Waals surface area contributed by atoms with Crippen LogP contribution in [0.25, 0.3) is 11.2 Å². The van der Waals surface area contributed by atoms with Gasteiger partial charge >= 0.3 is 0 Å². The van der Waals surface area contributed by atoms with Crippen molar-refractivity contribution in [3.05, 3.63) is 12.7 Å². The molecule has 0 aliphatic carbocycles. The molecule has 0 aliphatic heterocycles. The quantitative estimate of drug-likeness (QED) is 0.712. The minimum Gasteiger partial charge on any atom is -0.382 e. The first-order valence-electron chi connectivity index (χ1n) is 5.46. The van der Waals surface area contributed by atoms with Crippen molar-refractivity contribution in [2.75, 3.05) is 17.2 Å². The summed E-state index contributed by atoms with van der Waals surface area (Å²) in [6, 6.07) is 0. The average Bonchev–Trinajstić information content (AvgIpc) is 2.73. The third-order valence-corrected chi connectivity index (χ3v) is 3.43. The molecule has 0 aromatic carbocycles. The second-order valence-electron chi connectivity index (χ2n) is 3.74. The summed E-state index contributed by atoms with van der Waals surface area (Å²) in [4.78, 5) is 22.8. The predicted octanol–water partition coefficient (Wildman–Crippen LogP) is 0.0171. The van der Waals surface area contributed by atoms with Gasteiger partial charge in [-0.2, -0.15) is 11.8 Å². The van der Waals surface area contributed by atoms with Gasteiger partial charge in [0.2, 0.25) is 5.91 Å². The fourth-order valence-corrected chi connectivity index (χ4v) is 2.25. The lowest BCUT2D eigenvalue weighted by Gasteiger charge is -2.03. The molecule has 2 heterocycles. The molecule has 0 spiro atoms. The van der Waals surface area contributed by atoms with Crippen molar-refractivity contribution in [1.82, 2.24) is 19.5 Å². The first-order valence-corrected chi connectivity index (χ1v) is 6.61. The SMILES string of the molecule is NC(=O)CSCCCn1cnc2c(N)ncnc21. The maximum absolute atomic E-state index is 10.6. The number of hydrogen-bond donors (Lipinski definition) is 2. The van der Waals surface area contributed by atoms with E-state index in [-0.39, 0.29) is 5.91 Å². The Bertz CT molecular complexity index is 554. The number of aryl methyl sites for hydroxylation is 1. The Hall–Kier alpha value is -1.83. The van der Waals surface area contributed by atoms with Crippen LogP contribution >= 0.6 is 11.8 Å². The van der Waals surface area contributed by atoms with E-state index in [0.717, 1.165) is 24.4 Å². The lowest BCUT2D eigenvalue weighted by atomic mass is 10.4. The summed E-state index contributed by atoms with van der Waals surface area (Å²) in [6.07, 6.45) is 4.04. The van der Waals surface area contributed by atoms with Crippen LogP contribution in [0.5, 0.6) is 0 Å². The molecule has 0 aliphatic rings. The highest BCUT2D eigenvalue weighted by atomic mass is 32.2. The normalized spacial score (nSPS) is 10.9. The zero-order valence-electron chi connectivity index (χ0n) is 9.74. The molecule has 0 radical (unpaired) electrons. The molecular weight excluding hydrogens is 252 g/mol. The van der Waals surface area contributed by atoms with E-state index in [4.69, 9.17) is 11.5 Å². The summed E-state index contributed by atoms with van der Waals surface area (Å²) in [7, 11) is 0. The first-order chi connectivity index (χ1) is 8.68. The van der Waals surface area contributed by atoms with E-state index >= 15 is 0 Å². The van der Waals surface area contributed by atoms with Crippen LogP contribution in [0.3, 0.4) is 0 Å². The second-order valence-corrected chi connectivity index (χ2v) is 4.85. The summed E-state index contributed by atoms with van der Waals surface area (Å²) in [5, 5.41) is 0. The summed E-state index contributed by atoms with van der Waals surface area (Å²) < 4.78 is 1.93. The van der Waals surface area contributed by atoms with Gasteiger partial charge in [0.1, 0.15) is 11.8 Å². The van der Waals surface area contributed by atoms with Gasteiger partial charge in [-0.1, -0.05) is 0 Å². The number of rotatable bonds is 6. The van der Waals surface area contributed by atoms with E-state index in [1.165, 1.54) is 18.1 Å². The Morgan fingerprint density at radius 3 is 3.00 bits per heavy atom. The molecule has 0 unspecified atom stereocenters. The number of anilines is 1. The molecule has 2 aromatic rings. The van der Waals surface area contributed by atoms with Crippen LogP contribution in [-0.2, 0) is 11.3 Å². The van der Waals surface area contributed by atoms with Crippen LogP contribution in [0.1, 0.15) is 6.42 Å². The number of imidazole rings is 1. The number of nitrogen functional groups attached to an aromatic ring is 1. The fourth-order valence-electron chi connectivity index (χ4n) is 1.57. The van der Waals surface area contributed by atoms with E-state index in [1.54, 1.807) is 6.33 Å². The van der Waals surface area contributed by atoms with E-state index in [9.17, 15) is 4.79 Å². The Kier molecular flexibility index (Phi) is 3.98. The monoisotopic (exact) mass is 266 g/mol. The molecule has 2 rings (SSSR count). The molecule has 1 amide bonds. The van der Waals surface area contributed by atoms with E-state index in [1.807, 2.05) is 4.57 Å². The van der Waals surface area contributed by atoms with Gasteiger partial charge < -0.3 is 16.0 Å². The summed E-state index contributed by atoms with van der Waals surface area (Å²) in [5.74, 6) is 1.33. The molecule has 18 heavy (non-hydrogen) atoms. The smallest absolute Gasteiger partial charge is 0.227 e. The van der Waals surface area contributed by atoms with Gasteiger partial charge in [0, 0.05) is 6.54 Å². The summed E-state index contributed by atoms with van der Waals surface area (Å²) in [5.41, 5.74) is 12.1. The average molecular weight is 266 g/mol. The highest BCUT2D eigenvalue weighted by molar-refractivity contribution is 7.99. The van der Waals surface area contributed by atoms with Gasteiger partial charge in [-0.25, -0.2) is 15.0 Å². The third-order valence-electron chi connectivity index (χ3n) is 2.36. The topological polar surface area (TPSA) is 113 Å². The molecular formula is C10H14N6OS. The van der Waals surface area contributed by atoms with Crippen molar-refractivity contribution in [2.45, 2.75) is 13.0 Å². The van der Waals surface area contributed by atoms with Crippen molar-refractivity contribution < 1.29 is 4.79 Å². The van der Waals surface area contributed by atoms with Crippen LogP contribution in [0.15, 0.2) is 12.7 Å². The number of carbonyl (C=O) groups excluding carboxylic acids is 1. The first kappa shape index (κ1) is 12.6. The number of primary amides is 1. The Balaban J connectivity index is 1.92. The van der Waals surface area contributed by atoms with Crippen molar-refractivity contribution in [3.63, 3.8) is 0 Å². The maximum Gasteiger partial charge on any atom is 0.227 e. The highest BCUT2D eigenvalue weighted by Gasteiger charge is 2.07. The van der Waals surface area contributed by atoms with Crippen molar-refractivity contribution in [3.8, 4) is 0 Å². The van der Waals surface area contributed by atoms with Gasteiger partial charge in [0.15, 0.2) is 11.5 Å². The van der Waals surface area contributed by atoms with E-state index in [2.05, 4.69) is 15.0 Å². The minimum absolute atomic E-state index is 0.284. The Morgan fingerprint density at radius 1 is 1.39 bits per heavy atom. The van der Waals surface area contributed by atoms with Gasteiger partial charge in [-0.05, 0) is 12.2 Å². The van der Waals surface area contributed by atoms with Gasteiger partial charge in [-0.15, -0.1) is 0 Å². The van der Waals surface area contributed by atoms with Crippen molar-refractivity contribution in [2.24, 2.45) is 5.73 Å². The Morgan fingerprint density at radius 2 is 2.22 bits per heavy atom. The number of nitrogens with two attached hydrogens (primary N) is 2. The fraction of sp³-hybridized carbons (Fsp3) is 0.400. The lowest BCUT2D eigenvalue weighted by Crippen LogP contribution is -2.13. The third kappa shape index (κ3) is 2.89. The number of nitrogens with zero attached hydrogens (tertiary/aromatic N) is 4. The van der Waals surface area contributed by atoms with Crippen molar-refractivity contribution >= 4 is 34.7 Å². The molecule has 0 saturated carbocycles. The van der Waals surface area contributed by atoms with Crippen LogP contribution in [0, 0.1) is 0 Å². The van der Waals surface area contributed by atoms with Crippen LogP contribution in [0.2, 0.25) is 0 Å². The summed E-state index contributed by atoms with van der Waals surface area (Å²) >= 11 is 1.53. The number of amides is 1. The van der Waals surface area contributed by atoms with E-state index < -0.39 is 0 Å². The highest BCUT2D eigenvalue weighted by Crippen LogP contribution is 2.14. The standard InChI is InChI=1S/C10H14N6OS/c11-7(17)4-18-3-1-2-16-6-15-8-9(12)13-5-14-10(8)16/h5-6H,1-4H2,(H2,11,17)(H2,12,13,14). The zero-order valence-corrected chi connectivity index (χ0v) is 10.6. The number of hydrogen-bond acceptors (Lipinski definition) is 6. The van der Waals surface area contributed by atoms with Gasteiger partial charge in [0.25, 0.3) is 0 Å². The van der Waals surface area contributed by atoms with Crippen LogP contribution < -0.4 is 11.5 Å². The number of thioether (sulfide) groups is 1. The van der Waals surface area contributed by atoms with E-state index in [0.29, 0.717) is 17.1 Å². The molecule has 0 saturated heterocycles. The second kappa shape index (κ2) is 5.67. The van der Waals surface area contributed by atoms with Gasteiger partial charge in [-0.3, -0.25) is 4.79 Å². The van der Waals surface area contributed by atoms with Gasteiger partial charge in [0.05, 0.1) is 12.1 Å². The number of aromatic nitrogens is 4. The number of carbonyl (C=O) groups is 1. The molecule has 0 atom stereocenters. The van der Waals surface area contributed by atoms with Crippen LogP contribution in [-0.4, -0.2) is 36.9 Å². The minimum atomic E-state index is -0.284. The van der Waals surface area contributed by atoms with Crippen molar-refractivity contribution in [1.29, 1.82) is 0 Å². The maximum atomic E-state index is 10.6. The van der Waals surface area contributed by atoms with Crippen LogP contribution in [0.4, 0.5) is 5.82 Å². The molecule has 0 bridgehead atoms. The predicted molar refractivity (Wildman–Crippen MR) is 70.9 cm³/mol. The molecule has 0 fully saturated rings. The Labute approximate surface area is 108 Å². The summed E-state index contributed by atoms with van der Waals surface area (Å²) in [6.45, 7) is 0.777. The largest absolute Gasteiger partial charge is 0.382 e. The molecule has 2 aromatic heterocycles. The lowest BCUT2D eigenvalue weighted by molar-refractivity contribution is -0.115. The molecule has 8 heteroatoms. The zero-order chi connectivity index (χ0) is 13.0. The molecule has 4 N–H and O–H groups in total.